The van der Waals surface area contributed by atoms with Crippen molar-refractivity contribution in [3.8, 4) is 11.8 Å². The number of alkyl halides is 3. The van der Waals surface area contributed by atoms with Gasteiger partial charge in [0.25, 0.3) is 5.56 Å². The zero-order chi connectivity index (χ0) is 20.5. The molecule has 0 spiro atoms. The van der Waals surface area contributed by atoms with Gasteiger partial charge in [0.15, 0.2) is 5.69 Å². The summed E-state index contributed by atoms with van der Waals surface area (Å²) in [5.41, 5.74) is -3.40. The maximum atomic E-state index is 14.5. The number of rotatable bonds is 4. The molecule has 0 saturated carbocycles. The van der Waals surface area contributed by atoms with Gasteiger partial charge >= 0.3 is 11.9 Å². The molecule has 0 aliphatic carbocycles. The Morgan fingerprint density at radius 2 is 1.93 bits per heavy atom. The second-order valence-corrected chi connectivity index (χ2v) is 6.60. The first-order valence-electron chi connectivity index (χ1n) is 7.58. The summed E-state index contributed by atoms with van der Waals surface area (Å²) < 4.78 is 54.8. The van der Waals surface area contributed by atoms with Crippen LogP contribution < -0.4 is 16.7 Å². The summed E-state index contributed by atoms with van der Waals surface area (Å²) in [6.45, 7) is 2.68. The molecular weight excluding hydrogens is 388 g/mol. The molecule has 2 aromatic rings. The van der Waals surface area contributed by atoms with Crippen LogP contribution in [0.25, 0.3) is 5.69 Å². The van der Waals surface area contributed by atoms with E-state index in [4.69, 9.17) is 5.26 Å². The van der Waals surface area contributed by atoms with E-state index in [1.807, 2.05) is 0 Å². The third-order valence-electron chi connectivity index (χ3n) is 3.69. The van der Waals surface area contributed by atoms with Crippen molar-refractivity contribution in [2.75, 3.05) is 18.2 Å². The summed E-state index contributed by atoms with van der Waals surface area (Å²) in [7, 11) is 1.07. The summed E-state index contributed by atoms with van der Waals surface area (Å²) >= 11 is 1.17. The van der Waals surface area contributed by atoms with Crippen LogP contribution >= 0.6 is 11.8 Å². The topological polar surface area (TPSA) is 79.8 Å². The lowest BCUT2D eigenvalue weighted by atomic mass is 10.2. The molecule has 0 amide bonds. The van der Waals surface area contributed by atoms with Gasteiger partial charge in [-0.25, -0.2) is 18.4 Å². The fourth-order valence-corrected chi connectivity index (χ4v) is 3.32. The Bertz CT molecular complexity index is 1050. The Kier molecular flexibility index (Phi) is 5.70. The van der Waals surface area contributed by atoms with Gasteiger partial charge in [0.05, 0.1) is 11.3 Å². The molecule has 1 N–H and O–H groups in total. The normalized spacial score (nSPS) is 11.3. The van der Waals surface area contributed by atoms with Gasteiger partial charge in [-0.2, -0.15) is 18.4 Å². The SMILES string of the molecule is CCSc1cc(-n2c(=O)c(C)c(C(F)(F)F)n(NC)c2=O)c(F)cc1C#N. The molecule has 1 heterocycles. The van der Waals surface area contributed by atoms with Gasteiger partial charge in [0.1, 0.15) is 11.9 Å². The minimum atomic E-state index is -4.98. The first-order chi connectivity index (χ1) is 12.6. The van der Waals surface area contributed by atoms with E-state index in [9.17, 15) is 27.2 Å². The van der Waals surface area contributed by atoms with E-state index >= 15 is 0 Å². The minimum absolute atomic E-state index is 0.00581. The average molecular weight is 402 g/mol. The first kappa shape index (κ1) is 20.6. The highest BCUT2D eigenvalue weighted by Gasteiger charge is 2.39. The van der Waals surface area contributed by atoms with E-state index < -0.39 is 40.2 Å². The minimum Gasteiger partial charge on any atom is -0.324 e. The molecule has 0 radical (unpaired) electrons. The molecule has 0 atom stereocenters. The lowest BCUT2D eigenvalue weighted by Gasteiger charge is -2.19. The maximum Gasteiger partial charge on any atom is 0.433 e. The van der Waals surface area contributed by atoms with Crippen molar-refractivity contribution >= 4 is 11.8 Å². The van der Waals surface area contributed by atoms with E-state index in [2.05, 4.69) is 5.43 Å². The van der Waals surface area contributed by atoms with E-state index in [-0.39, 0.29) is 10.2 Å². The number of nitrogens with zero attached hydrogens (tertiary/aromatic N) is 3. The quantitative estimate of drug-likeness (QED) is 0.628. The summed E-state index contributed by atoms with van der Waals surface area (Å²) in [6.07, 6.45) is -4.98. The number of nitrogens with one attached hydrogen (secondary N) is 1. The van der Waals surface area contributed by atoms with Crippen LogP contribution in [0.4, 0.5) is 17.6 Å². The molecule has 2 rings (SSSR count). The molecule has 0 unspecified atom stereocenters. The summed E-state index contributed by atoms with van der Waals surface area (Å²) in [5.74, 6) is -0.561. The smallest absolute Gasteiger partial charge is 0.324 e. The third-order valence-corrected chi connectivity index (χ3v) is 4.63. The highest BCUT2D eigenvalue weighted by atomic mass is 32.2. The first-order valence-corrected chi connectivity index (χ1v) is 8.57. The van der Waals surface area contributed by atoms with Gasteiger partial charge in [-0.05, 0) is 24.8 Å². The number of nitriles is 1. The Morgan fingerprint density at radius 1 is 1.30 bits per heavy atom. The van der Waals surface area contributed by atoms with Gasteiger partial charge < -0.3 is 5.43 Å². The lowest BCUT2D eigenvalue weighted by Crippen LogP contribution is -2.46. The summed E-state index contributed by atoms with van der Waals surface area (Å²) in [4.78, 5) is 25.3. The van der Waals surface area contributed by atoms with Gasteiger partial charge in [0.2, 0.25) is 0 Å². The van der Waals surface area contributed by atoms with Crippen LogP contribution in [-0.2, 0) is 6.18 Å². The largest absolute Gasteiger partial charge is 0.433 e. The number of halogens is 4. The van der Waals surface area contributed by atoms with E-state index in [0.717, 1.165) is 26.1 Å². The van der Waals surface area contributed by atoms with Crippen LogP contribution in [0.3, 0.4) is 0 Å². The third kappa shape index (κ3) is 3.57. The molecule has 27 heavy (non-hydrogen) atoms. The second-order valence-electron chi connectivity index (χ2n) is 5.30. The number of aromatic nitrogens is 2. The zero-order valence-electron chi connectivity index (χ0n) is 14.4. The van der Waals surface area contributed by atoms with E-state index in [1.54, 1.807) is 13.0 Å². The van der Waals surface area contributed by atoms with Crippen molar-refractivity contribution in [3.63, 3.8) is 0 Å². The number of benzene rings is 1. The summed E-state index contributed by atoms with van der Waals surface area (Å²) in [5, 5.41) is 9.09. The molecule has 1 aromatic carbocycles. The van der Waals surface area contributed by atoms with E-state index in [0.29, 0.717) is 15.2 Å². The van der Waals surface area contributed by atoms with Gasteiger partial charge in [-0.15, -0.1) is 11.8 Å². The lowest BCUT2D eigenvalue weighted by molar-refractivity contribution is -0.144. The number of hydrogen-bond donors (Lipinski definition) is 1. The van der Waals surface area contributed by atoms with Crippen molar-refractivity contribution in [2.24, 2.45) is 0 Å². The molecule has 144 valence electrons. The van der Waals surface area contributed by atoms with Crippen LogP contribution in [0.15, 0.2) is 26.6 Å². The van der Waals surface area contributed by atoms with Gasteiger partial charge in [0, 0.05) is 17.5 Å². The van der Waals surface area contributed by atoms with Crippen LogP contribution in [0, 0.1) is 24.1 Å². The Morgan fingerprint density at radius 3 is 2.41 bits per heavy atom. The zero-order valence-corrected chi connectivity index (χ0v) is 15.3. The maximum absolute atomic E-state index is 14.5. The molecule has 11 heteroatoms. The summed E-state index contributed by atoms with van der Waals surface area (Å²) in [6, 6.07) is 3.75. The van der Waals surface area contributed by atoms with Crippen molar-refractivity contribution in [1.29, 1.82) is 5.26 Å². The average Bonchev–Trinajstić information content (AvgIpc) is 2.59. The van der Waals surface area contributed by atoms with Gasteiger partial charge in [-0.1, -0.05) is 6.92 Å². The predicted molar refractivity (Wildman–Crippen MR) is 92.4 cm³/mol. The Labute approximate surface area is 155 Å². The van der Waals surface area contributed by atoms with Crippen LogP contribution in [0.2, 0.25) is 0 Å². The molecule has 0 aliphatic heterocycles. The van der Waals surface area contributed by atoms with Crippen molar-refractivity contribution in [3.05, 3.63) is 55.6 Å². The standard InChI is InChI=1S/C16H14F4N4O2S/c1-4-27-12-6-11(10(17)5-9(12)7-21)23-14(25)8(2)13(16(18,19)20)24(22-3)15(23)26/h5-6,22H,4H2,1-3H3. The molecule has 0 bridgehead atoms. The Balaban J connectivity index is 2.96. The molecule has 0 aliphatic rings. The van der Waals surface area contributed by atoms with E-state index in [1.165, 1.54) is 11.8 Å². The van der Waals surface area contributed by atoms with Crippen LogP contribution in [0.1, 0.15) is 23.7 Å². The van der Waals surface area contributed by atoms with Gasteiger partial charge in [-0.3, -0.25) is 4.79 Å². The van der Waals surface area contributed by atoms with Crippen molar-refractivity contribution in [1.82, 2.24) is 9.24 Å². The number of hydrogen-bond acceptors (Lipinski definition) is 5. The molecule has 6 nitrogen and oxygen atoms in total. The fraction of sp³-hybridized carbons (Fsp3) is 0.312. The van der Waals surface area contributed by atoms with Crippen molar-refractivity contribution in [2.45, 2.75) is 24.9 Å². The molecule has 0 saturated heterocycles. The Hall–Kier alpha value is -2.74. The molecule has 1 aromatic heterocycles. The number of thioether (sulfide) groups is 1. The predicted octanol–water partition coefficient (Wildman–Crippen LogP) is 2.62. The monoisotopic (exact) mass is 402 g/mol. The second kappa shape index (κ2) is 7.48. The molecule has 0 fully saturated rings. The van der Waals surface area contributed by atoms with Crippen LogP contribution in [0.5, 0.6) is 0 Å². The molecular formula is C16H14F4N4O2S. The highest BCUT2D eigenvalue weighted by molar-refractivity contribution is 7.99. The van der Waals surface area contributed by atoms with Crippen molar-refractivity contribution < 1.29 is 17.6 Å². The highest BCUT2D eigenvalue weighted by Crippen LogP contribution is 2.30. The fourth-order valence-electron chi connectivity index (χ4n) is 2.55. The van der Waals surface area contributed by atoms with Crippen LogP contribution in [-0.4, -0.2) is 22.0 Å².